The summed E-state index contributed by atoms with van der Waals surface area (Å²) in [6.07, 6.45) is -0.221. The van der Waals surface area contributed by atoms with Crippen molar-refractivity contribution in [1.29, 1.82) is 0 Å². The van der Waals surface area contributed by atoms with Crippen molar-refractivity contribution >= 4 is 33.5 Å². The third kappa shape index (κ3) is 5.32. The number of likely N-dealkylation sites (N-methyl/N-ethyl adjacent to an activating group) is 1. The lowest BCUT2D eigenvalue weighted by molar-refractivity contribution is -0.139. The Kier molecular flexibility index (Phi) is 7.60. The van der Waals surface area contributed by atoms with Crippen LogP contribution in [0.5, 0.6) is 5.75 Å². The summed E-state index contributed by atoms with van der Waals surface area (Å²) in [6.45, 7) is 3.45. The molecule has 3 aromatic rings. The van der Waals surface area contributed by atoms with Gasteiger partial charge in [0.2, 0.25) is 0 Å². The zero-order valence-electron chi connectivity index (χ0n) is 18.4. The van der Waals surface area contributed by atoms with E-state index in [1.54, 1.807) is 0 Å². The van der Waals surface area contributed by atoms with Gasteiger partial charge < -0.3 is 19.2 Å². The fourth-order valence-electron chi connectivity index (χ4n) is 3.19. The lowest BCUT2D eigenvalue weighted by Crippen LogP contribution is -2.26. The second-order valence-corrected chi connectivity index (χ2v) is 8.20. The van der Waals surface area contributed by atoms with Crippen LogP contribution in [0.3, 0.4) is 0 Å². The molecule has 0 saturated carbocycles. The van der Waals surface area contributed by atoms with E-state index in [4.69, 9.17) is 14.2 Å². The van der Waals surface area contributed by atoms with Crippen LogP contribution in [0.15, 0.2) is 29.1 Å². The monoisotopic (exact) mass is 459 g/mol. The molecule has 0 unspecified atom stereocenters. The number of fused-ring (bicyclic) bond motifs is 1. The van der Waals surface area contributed by atoms with E-state index in [0.717, 1.165) is 22.6 Å². The Morgan fingerprint density at radius 2 is 1.94 bits per heavy atom. The fourth-order valence-corrected chi connectivity index (χ4v) is 4.32. The van der Waals surface area contributed by atoms with Crippen LogP contribution < -0.4 is 10.3 Å². The molecule has 10 heteroatoms. The van der Waals surface area contributed by atoms with Gasteiger partial charge in [-0.15, -0.1) is 11.3 Å². The molecule has 0 aliphatic carbocycles. The molecule has 1 N–H and O–H groups in total. The first-order valence-corrected chi connectivity index (χ1v) is 10.7. The number of benzene rings is 1. The van der Waals surface area contributed by atoms with Crippen LogP contribution in [0.2, 0.25) is 0 Å². The Bertz CT molecular complexity index is 1190. The standard InChI is InChI=1S/C22H25N3O6S/c1-13-7-5-6-8-15(13)31-10-9-25(2)12-16-23-20(27)18-14(11-17(26)29-3)19(22(28)30-4)32-21(18)24-16/h5-8H,9-12H2,1-4H3,(H,23,24,27). The van der Waals surface area contributed by atoms with Gasteiger partial charge in [0.05, 0.1) is 32.6 Å². The average Bonchev–Trinajstić information content (AvgIpc) is 3.12. The summed E-state index contributed by atoms with van der Waals surface area (Å²) >= 11 is 1.02. The highest BCUT2D eigenvalue weighted by atomic mass is 32.1. The molecule has 0 saturated heterocycles. The van der Waals surface area contributed by atoms with E-state index in [2.05, 4.69) is 9.97 Å². The number of thiophene rings is 1. The van der Waals surface area contributed by atoms with Gasteiger partial charge in [0, 0.05) is 12.1 Å². The van der Waals surface area contributed by atoms with Gasteiger partial charge in [-0.1, -0.05) is 18.2 Å². The number of hydrogen-bond acceptors (Lipinski definition) is 9. The van der Waals surface area contributed by atoms with E-state index in [1.807, 2.05) is 43.1 Å². The number of aryl methyl sites for hydroxylation is 1. The molecule has 2 aromatic heterocycles. The third-order valence-corrected chi connectivity index (χ3v) is 5.98. The van der Waals surface area contributed by atoms with Crippen LogP contribution >= 0.6 is 11.3 Å². The maximum atomic E-state index is 12.8. The van der Waals surface area contributed by atoms with E-state index in [-0.39, 0.29) is 22.2 Å². The highest BCUT2D eigenvalue weighted by Crippen LogP contribution is 2.29. The minimum atomic E-state index is -0.627. The number of aromatic amines is 1. The highest BCUT2D eigenvalue weighted by Gasteiger charge is 2.24. The Labute approximate surface area is 188 Å². The van der Waals surface area contributed by atoms with Crippen LogP contribution in [0.1, 0.15) is 26.6 Å². The molecule has 2 heterocycles. The van der Waals surface area contributed by atoms with Gasteiger partial charge in [0.15, 0.2) is 0 Å². The van der Waals surface area contributed by atoms with Crippen LogP contribution in [0, 0.1) is 6.92 Å². The van der Waals surface area contributed by atoms with Crippen molar-refractivity contribution in [2.75, 3.05) is 34.4 Å². The fraction of sp³-hybridized carbons (Fsp3) is 0.364. The summed E-state index contributed by atoms with van der Waals surface area (Å²) in [5, 5.41) is 0.204. The number of methoxy groups -OCH3 is 2. The van der Waals surface area contributed by atoms with Gasteiger partial charge in [-0.2, -0.15) is 0 Å². The topological polar surface area (TPSA) is 111 Å². The van der Waals surface area contributed by atoms with Crippen LogP contribution in [0.25, 0.3) is 10.2 Å². The van der Waals surface area contributed by atoms with E-state index in [0.29, 0.717) is 30.4 Å². The molecule has 1 aromatic carbocycles. The average molecular weight is 460 g/mol. The third-order valence-electron chi connectivity index (χ3n) is 4.87. The SMILES string of the molecule is COC(=O)Cc1c(C(=O)OC)sc2nc(CN(C)CCOc3ccccc3C)[nH]c(=O)c12. The molecule has 0 spiro atoms. The highest BCUT2D eigenvalue weighted by molar-refractivity contribution is 7.20. The molecule has 9 nitrogen and oxygen atoms in total. The van der Waals surface area contributed by atoms with Crippen molar-refractivity contribution in [2.24, 2.45) is 0 Å². The van der Waals surface area contributed by atoms with E-state index < -0.39 is 17.5 Å². The minimum absolute atomic E-state index is 0.169. The maximum Gasteiger partial charge on any atom is 0.348 e. The van der Waals surface area contributed by atoms with Gasteiger partial charge in [-0.25, -0.2) is 9.78 Å². The minimum Gasteiger partial charge on any atom is -0.492 e. The van der Waals surface area contributed by atoms with Crippen LogP contribution in [-0.4, -0.2) is 61.2 Å². The van der Waals surface area contributed by atoms with Gasteiger partial charge in [0.25, 0.3) is 5.56 Å². The van der Waals surface area contributed by atoms with E-state index in [9.17, 15) is 14.4 Å². The molecule has 0 radical (unpaired) electrons. The number of ether oxygens (including phenoxy) is 3. The van der Waals surface area contributed by atoms with Crippen molar-refractivity contribution in [1.82, 2.24) is 14.9 Å². The number of nitrogens with zero attached hydrogens (tertiary/aromatic N) is 2. The largest absolute Gasteiger partial charge is 0.492 e. The Balaban J connectivity index is 1.78. The molecule has 170 valence electrons. The summed E-state index contributed by atoms with van der Waals surface area (Å²) in [4.78, 5) is 46.6. The summed E-state index contributed by atoms with van der Waals surface area (Å²) in [6, 6.07) is 7.79. The number of carbonyl (C=O) groups excluding carboxylic acids is 2. The Hall–Kier alpha value is -3.24. The summed E-state index contributed by atoms with van der Waals surface area (Å²) in [5.74, 6) is 0.0918. The quantitative estimate of drug-likeness (QED) is 0.486. The molecule has 0 aliphatic heterocycles. The molecular weight excluding hydrogens is 434 g/mol. The molecular formula is C22H25N3O6S. The predicted octanol–water partition coefficient (Wildman–Crippen LogP) is 2.31. The number of rotatable bonds is 9. The summed E-state index contributed by atoms with van der Waals surface area (Å²) in [7, 11) is 4.38. The number of carbonyl (C=O) groups is 2. The molecule has 0 atom stereocenters. The zero-order chi connectivity index (χ0) is 23.3. The van der Waals surface area contributed by atoms with Gasteiger partial charge in [0.1, 0.15) is 27.9 Å². The van der Waals surface area contributed by atoms with Gasteiger partial charge >= 0.3 is 11.9 Å². The first kappa shape index (κ1) is 23.4. The molecule has 0 amide bonds. The number of nitrogens with one attached hydrogen (secondary N) is 1. The Morgan fingerprint density at radius 3 is 2.62 bits per heavy atom. The molecule has 0 bridgehead atoms. The van der Waals surface area contributed by atoms with Gasteiger partial charge in [-0.3, -0.25) is 14.5 Å². The lowest BCUT2D eigenvalue weighted by atomic mass is 10.1. The maximum absolute atomic E-state index is 12.8. The first-order valence-electron chi connectivity index (χ1n) is 9.90. The second-order valence-electron chi connectivity index (χ2n) is 7.20. The Morgan fingerprint density at radius 1 is 1.19 bits per heavy atom. The first-order chi connectivity index (χ1) is 15.3. The van der Waals surface area contributed by atoms with Crippen molar-refractivity contribution in [3.8, 4) is 5.75 Å². The van der Waals surface area contributed by atoms with E-state index >= 15 is 0 Å². The molecule has 0 aliphatic rings. The molecule has 3 rings (SSSR count). The number of hydrogen-bond donors (Lipinski definition) is 1. The van der Waals surface area contributed by atoms with Crippen molar-refractivity contribution in [3.63, 3.8) is 0 Å². The summed E-state index contributed by atoms with van der Waals surface area (Å²) < 4.78 is 15.3. The normalized spacial score (nSPS) is 11.0. The van der Waals surface area contributed by atoms with Crippen LogP contribution in [0.4, 0.5) is 0 Å². The zero-order valence-corrected chi connectivity index (χ0v) is 19.2. The van der Waals surface area contributed by atoms with Crippen molar-refractivity contribution in [3.05, 3.63) is 56.4 Å². The number of esters is 2. The van der Waals surface area contributed by atoms with Crippen molar-refractivity contribution < 1.29 is 23.8 Å². The van der Waals surface area contributed by atoms with Crippen LogP contribution in [-0.2, 0) is 27.2 Å². The smallest absolute Gasteiger partial charge is 0.348 e. The second kappa shape index (κ2) is 10.4. The lowest BCUT2D eigenvalue weighted by Gasteiger charge is -2.17. The van der Waals surface area contributed by atoms with Gasteiger partial charge in [-0.05, 0) is 25.6 Å². The molecule has 0 fully saturated rings. The summed E-state index contributed by atoms with van der Waals surface area (Å²) in [5.41, 5.74) is 0.914. The predicted molar refractivity (Wildman–Crippen MR) is 120 cm³/mol. The number of H-pyrrole nitrogens is 1. The molecule has 32 heavy (non-hydrogen) atoms. The number of para-hydroxylation sites is 1. The van der Waals surface area contributed by atoms with Crippen molar-refractivity contribution in [2.45, 2.75) is 19.9 Å². The number of aromatic nitrogens is 2. The van der Waals surface area contributed by atoms with E-state index in [1.165, 1.54) is 14.2 Å².